The first kappa shape index (κ1) is 17.2. The molecule has 4 rings (SSSR count). The molecule has 1 saturated carbocycles. The zero-order chi connectivity index (χ0) is 17.7. The van der Waals surface area contributed by atoms with Crippen LogP contribution in [0.2, 0.25) is 0 Å². The zero-order valence-electron chi connectivity index (χ0n) is 15.9. The van der Waals surface area contributed by atoms with Crippen molar-refractivity contribution in [2.75, 3.05) is 37.6 Å². The third-order valence-corrected chi connectivity index (χ3v) is 6.36. The molecule has 138 valence electrons. The minimum atomic E-state index is -0.410. The number of fused-ring (bicyclic) bond motifs is 1. The third-order valence-electron chi connectivity index (χ3n) is 6.36. The number of rotatable bonds is 3. The largest absolute Gasteiger partial charge is 0.389 e. The van der Waals surface area contributed by atoms with Crippen LogP contribution >= 0.6 is 0 Å². The Balaban J connectivity index is 1.38. The van der Waals surface area contributed by atoms with E-state index in [1.54, 1.807) is 6.33 Å². The van der Waals surface area contributed by atoms with Crippen LogP contribution in [0.3, 0.4) is 0 Å². The fraction of sp³-hybridized carbons (Fsp3) is 0.800. The summed E-state index contributed by atoms with van der Waals surface area (Å²) >= 11 is 0. The summed E-state index contributed by atoms with van der Waals surface area (Å²) in [5.74, 6) is 2.49. The molecule has 5 nitrogen and oxygen atoms in total. The Kier molecular flexibility index (Phi) is 4.27. The van der Waals surface area contributed by atoms with E-state index in [2.05, 4.69) is 46.6 Å². The van der Waals surface area contributed by atoms with Crippen LogP contribution in [0.4, 0.5) is 5.82 Å². The molecule has 2 saturated heterocycles. The molecule has 1 aromatic heterocycles. The van der Waals surface area contributed by atoms with Gasteiger partial charge < -0.3 is 10.0 Å². The van der Waals surface area contributed by atoms with Gasteiger partial charge in [-0.2, -0.15) is 0 Å². The Hall–Kier alpha value is -1.20. The molecule has 3 fully saturated rings. The number of likely N-dealkylation sites (tertiary alicyclic amines) is 1. The number of nitrogens with zero attached hydrogens (tertiary/aromatic N) is 4. The summed E-state index contributed by atoms with van der Waals surface area (Å²) in [7, 11) is 0. The molecular formula is C20H32N4O. The van der Waals surface area contributed by atoms with E-state index >= 15 is 0 Å². The highest BCUT2D eigenvalue weighted by molar-refractivity contribution is 5.42. The lowest BCUT2D eigenvalue weighted by Crippen LogP contribution is -2.41. The van der Waals surface area contributed by atoms with Gasteiger partial charge in [0.1, 0.15) is 12.1 Å². The van der Waals surface area contributed by atoms with Crippen molar-refractivity contribution in [1.82, 2.24) is 14.9 Å². The summed E-state index contributed by atoms with van der Waals surface area (Å²) in [4.78, 5) is 13.9. The summed E-state index contributed by atoms with van der Waals surface area (Å²) in [6.45, 7) is 11.9. The first-order valence-corrected chi connectivity index (χ1v) is 9.85. The van der Waals surface area contributed by atoms with Gasteiger partial charge in [-0.1, -0.05) is 33.6 Å². The van der Waals surface area contributed by atoms with Gasteiger partial charge in [-0.05, 0) is 24.7 Å². The minimum absolute atomic E-state index is 0.0564. The molecule has 2 unspecified atom stereocenters. The van der Waals surface area contributed by atoms with Crippen molar-refractivity contribution in [3.8, 4) is 0 Å². The monoisotopic (exact) mass is 344 g/mol. The maximum absolute atomic E-state index is 10.7. The number of aromatic nitrogens is 2. The SMILES string of the molecule is CC(C)(C)c1cc(N2CC3CN(CC4(O)CCCC4)CC3C2)ncn1. The van der Waals surface area contributed by atoms with E-state index in [-0.39, 0.29) is 5.41 Å². The van der Waals surface area contributed by atoms with E-state index in [4.69, 9.17) is 0 Å². The minimum Gasteiger partial charge on any atom is -0.389 e. The van der Waals surface area contributed by atoms with Crippen molar-refractivity contribution in [3.05, 3.63) is 18.1 Å². The van der Waals surface area contributed by atoms with Crippen LogP contribution in [0.25, 0.3) is 0 Å². The summed E-state index contributed by atoms with van der Waals surface area (Å²) in [5, 5.41) is 10.7. The van der Waals surface area contributed by atoms with Gasteiger partial charge in [0.25, 0.3) is 0 Å². The van der Waals surface area contributed by atoms with E-state index in [0.717, 1.165) is 57.1 Å². The van der Waals surface area contributed by atoms with E-state index in [0.29, 0.717) is 11.8 Å². The normalized spacial score (nSPS) is 29.4. The molecule has 0 aromatic carbocycles. The average molecular weight is 345 g/mol. The van der Waals surface area contributed by atoms with Crippen LogP contribution < -0.4 is 4.90 Å². The van der Waals surface area contributed by atoms with Crippen LogP contribution in [0.1, 0.15) is 52.1 Å². The summed E-state index contributed by atoms with van der Waals surface area (Å²) < 4.78 is 0. The highest BCUT2D eigenvalue weighted by atomic mass is 16.3. The van der Waals surface area contributed by atoms with E-state index in [1.807, 2.05) is 0 Å². The summed E-state index contributed by atoms with van der Waals surface area (Å²) in [6, 6.07) is 2.17. The molecule has 2 aliphatic heterocycles. The van der Waals surface area contributed by atoms with Gasteiger partial charge in [0.15, 0.2) is 0 Å². The van der Waals surface area contributed by atoms with Crippen molar-refractivity contribution < 1.29 is 5.11 Å². The van der Waals surface area contributed by atoms with Gasteiger partial charge in [-0.3, -0.25) is 4.90 Å². The summed E-state index contributed by atoms with van der Waals surface area (Å²) in [6.07, 6.45) is 6.07. The molecule has 1 aromatic rings. The molecule has 2 atom stereocenters. The molecule has 3 heterocycles. The van der Waals surface area contributed by atoms with Gasteiger partial charge in [0.2, 0.25) is 0 Å². The molecule has 25 heavy (non-hydrogen) atoms. The number of hydrogen-bond donors (Lipinski definition) is 1. The lowest BCUT2D eigenvalue weighted by atomic mass is 9.92. The van der Waals surface area contributed by atoms with Crippen LogP contribution in [-0.4, -0.2) is 58.3 Å². The van der Waals surface area contributed by atoms with Gasteiger partial charge in [-0.15, -0.1) is 0 Å². The quantitative estimate of drug-likeness (QED) is 0.913. The standard InChI is InChI=1S/C20H32N4O/c1-19(2,3)17-8-18(22-14-21-17)24-11-15-9-23(10-16(15)12-24)13-20(25)6-4-5-7-20/h8,14-16,25H,4-7,9-13H2,1-3H3. The highest BCUT2D eigenvalue weighted by Crippen LogP contribution is 2.37. The lowest BCUT2D eigenvalue weighted by molar-refractivity contribution is 0.0141. The van der Waals surface area contributed by atoms with E-state index < -0.39 is 5.60 Å². The second-order valence-corrected chi connectivity index (χ2v) is 9.56. The molecule has 0 bridgehead atoms. The van der Waals surface area contributed by atoms with Crippen molar-refractivity contribution in [2.45, 2.75) is 57.5 Å². The summed E-state index contributed by atoms with van der Waals surface area (Å²) in [5.41, 5.74) is 0.757. The Bertz CT molecular complexity index is 606. The predicted molar refractivity (Wildman–Crippen MR) is 99.8 cm³/mol. The van der Waals surface area contributed by atoms with Gasteiger partial charge in [-0.25, -0.2) is 9.97 Å². The maximum atomic E-state index is 10.7. The second-order valence-electron chi connectivity index (χ2n) is 9.56. The first-order valence-electron chi connectivity index (χ1n) is 9.85. The topological polar surface area (TPSA) is 52.5 Å². The van der Waals surface area contributed by atoms with Crippen molar-refractivity contribution in [1.29, 1.82) is 0 Å². The average Bonchev–Trinajstić information content (AvgIpc) is 3.21. The zero-order valence-corrected chi connectivity index (χ0v) is 15.9. The number of β-amino-alcohol motifs (C(OH)–C–C–N with tert-alkyl or cyclic N) is 1. The molecule has 1 N–H and O–H groups in total. The van der Waals surface area contributed by atoms with Crippen molar-refractivity contribution in [2.24, 2.45) is 11.8 Å². The number of hydrogen-bond acceptors (Lipinski definition) is 5. The van der Waals surface area contributed by atoms with Crippen LogP contribution in [-0.2, 0) is 5.41 Å². The molecule has 0 spiro atoms. The Labute approximate surface area is 151 Å². The first-order chi connectivity index (χ1) is 11.8. The molecule has 0 amide bonds. The van der Waals surface area contributed by atoms with Crippen LogP contribution in [0.15, 0.2) is 12.4 Å². The fourth-order valence-electron chi connectivity index (χ4n) is 4.94. The van der Waals surface area contributed by atoms with Crippen LogP contribution in [0.5, 0.6) is 0 Å². The second kappa shape index (κ2) is 6.20. The molecule has 5 heteroatoms. The van der Waals surface area contributed by atoms with E-state index in [1.165, 1.54) is 12.8 Å². The highest BCUT2D eigenvalue weighted by Gasteiger charge is 2.43. The lowest BCUT2D eigenvalue weighted by Gasteiger charge is -2.30. The predicted octanol–water partition coefficient (Wildman–Crippen LogP) is 2.45. The van der Waals surface area contributed by atoms with Gasteiger partial charge in [0, 0.05) is 44.2 Å². The molecule has 3 aliphatic rings. The Morgan fingerprint density at radius 1 is 1.08 bits per heavy atom. The fourth-order valence-corrected chi connectivity index (χ4v) is 4.94. The van der Waals surface area contributed by atoms with Crippen LogP contribution in [0, 0.1) is 11.8 Å². The Morgan fingerprint density at radius 2 is 1.72 bits per heavy atom. The van der Waals surface area contributed by atoms with E-state index in [9.17, 15) is 5.11 Å². The number of aliphatic hydroxyl groups is 1. The number of anilines is 1. The Morgan fingerprint density at radius 3 is 2.32 bits per heavy atom. The van der Waals surface area contributed by atoms with Gasteiger partial charge in [0.05, 0.1) is 11.3 Å². The van der Waals surface area contributed by atoms with Crippen molar-refractivity contribution in [3.63, 3.8) is 0 Å². The molecule has 0 radical (unpaired) electrons. The molecular weight excluding hydrogens is 312 g/mol. The van der Waals surface area contributed by atoms with Gasteiger partial charge >= 0.3 is 0 Å². The smallest absolute Gasteiger partial charge is 0.132 e. The maximum Gasteiger partial charge on any atom is 0.132 e. The van der Waals surface area contributed by atoms with Crippen molar-refractivity contribution >= 4 is 5.82 Å². The molecule has 1 aliphatic carbocycles. The third kappa shape index (κ3) is 3.54.